The number of rotatable bonds is 3. The van der Waals surface area contributed by atoms with E-state index in [0.29, 0.717) is 12.0 Å². The van der Waals surface area contributed by atoms with Crippen molar-refractivity contribution in [2.75, 3.05) is 18.8 Å². The second-order valence-corrected chi connectivity index (χ2v) is 8.25. The zero-order chi connectivity index (χ0) is 14.3. The summed E-state index contributed by atoms with van der Waals surface area (Å²) in [6, 6.07) is 0.507. The molecular weight excluding hydrogens is 359 g/mol. The molecule has 0 aromatic rings. The average molecular weight is 383 g/mol. The topological polar surface area (TPSA) is 40.0 Å². The van der Waals surface area contributed by atoms with Crippen LogP contribution in [0.4, 0.5) is 0 Å². The molecule has 0 radical (unpaired) electrons. The first-order valence-electron chi connectivity index (χ1n) is 7.11. The highest BCUT2D eigenvalue weighted by atomic mass is 35.5. The van der Waals surface area contributed by atoms with Crippen LogP contribution in [0, 0.1) is 5.92 Å². The van der Waals surface area contributed by atoms with Gasteiger partial charge < -0.3 is 10.2 Å². The summed E-state index contributed by atoms with van der Waals surface area (Å²) in [4.78, 5) is 11.7. The number of amidine groups is 2. The Morgan fingerprint density at radius 2 is 2.18 bits per heavy atom. The van der Waals surface area contributed by atoms with Gasteiger partial charge in [0.1, 0.15) is 0 Å². The molecule has 3 heterocycles. The Bertz CT molecular complexity index is 503. The Balaban J connectivity index is 0.00000121. The summed E-state index contributed by atoms with van der Waals surface area (Å²) in [6.07, 6.45) is 0. The lowest BCUT2D eigenvalue weighted by atomic mass is 10.1. The fourth-order valence-corrected chi connectivity index (χ4v) is 4.55. The van der Waals surface area contributed by atoms with E-state index >= 15 is 0 Å². The van der Waals surface area contributed by atoms with E-state index < -0.39 is 0 Å². The van der Waals surface area contributed by atoms with Crippen LogP contribution in [0.2, 0.25) is 0 Å². The summed E-state index contributed by atoms with van der Waals surface area (Å²) in [5.74, 6) is 1.61. The van der Waals surface area contributed by atoms with Gasteiger partial charge in [-0.2, -0.15) is 0 Å². The number of hydrogen-bond acceptors (Lipinski definition) is 6. The second-order valence-electron chi connectivity index (χ2n) is 6.45. The minimum absolute atomic E-state index is 0. The third-order valence-electron chi connectivity index (χ3n) is 3.72. The second kappa shape index (κ2) is 7.69. The first-order chi connectivity index (χ1) is 9.44. The lowest BCUT2D eigenvalue weighted by Crippen LogP contribution is -2.34. The monoisotopic (exact) mass is 382 g/mol. The van der Waals surface area contributed by atoms with Crippen LogP contribution in [0.25, 0.3) is 0 Å². The van der Waals surface area contributed by atoms with Gasteiger partial charge in [-0.1, -0.05) is 37.4 Å². The maximum atomic E-state index is 4.75. The zero-order valence-corrected chi connectivity index (χ0v) is 16.6. The molecule has 0 aromatic heterocycles. The highest BCUT2D eigenvalue weighted by molar-refractivity contribution is 8.17. The standard InChI is InChI=1S/C14H22N4S2.2ClH/c1-9(2)11-5-15-12(16-11)19-6-10-7-20-13-17-14(3,4)8-18(10)13;;/h7,9,11H,5-6,8H2,1-4H3,(H,15,16);2*1H. The van der Waals surface area contributed by atoms with Crippen molar-refractivity contribution in [2.24, 2.45) is 15.9 Å². The van der Waals surface area contributed by atoms with Gasteiger partial charge in [-0.25, -0.2) is 0 Å². The molecule has 3 rings (SSSR count). The Hall–Kier alpha value is -0.0400. The van der Waals surface area contributed by atoms with Crippen molar-refractivity contribution in [2.45, 2.75) is 39.3 Å². The van der Waals surface area contributed by atoms with E-state index in [0.717, 1.165) is 29.2 Å². The summed E-state index contributed by atoms with van der Waals surface area (Å²) in [5, 5.41) is 8.01. The predicted octanol–water partition coefficient (Wildman–Crippen LogP) is 3.59. The molecule has 1 unspecified atom stereocenters. The Morgan fingerprint density at radius 3 is 2.82 bits per heavy atom. The van der Waals surface area contributed by atoms with Gasteiger partial charge in [0.05, 0.1) is 12.1 Å². The molecule has 4 nitrogen and oxygen atoms in total. The third kappa shape index (κ3) is 4.28. The number of nitrogens with one attached hydrogen (secondary N) is 1. The SMILES string of the molecule is CC(C)C1CN=C(SCC2=CSC3=NC(C)(C)CN23)N1.Cl.Cl. The van der Waals surface area contributed by atoms with Gasteiger partial charge in [0.15, 0.2) is 10.3 Å². The number of nitrogens with zero attached hydrogens (tertiary/aromatic N) is 3. The van der Waals surface area contributed by atoms with E-state index in [1.54, 1.807) is 11.8 Å². The number of fused-ring (bicyclic) bond motifs is 1. The Labute approximate surface area is 153 Å². The van der Waals surface area contributed by atoms with Crippen molar-refractivity contribution in [3.8, 4) is 0 Å². The highest BCUT2D eigenvalue weighted by Crippen LogP contribution is 2.36. The predicted molar refractivity (Wildman–Crippen MR) is 105 cm³/mol. The minimum Gasteiger partial charge on any atom is -0.360 e. The summed E-state index contributed by atoms with van der Waals surface area (Å²) in [5.41, 5.74) is 1.42. The van der Waals surface area contributed by atoms with E-state index in [1.165, 1.54) is 5.70 Å². The van der Waals surface area contributed by atoms with Crippen molar-refractivity contribution in [3.05, 3.63) is 11.1 Å². The normalized spacial score (nSPS) is 24.9. The van der Waals surface area contributed by atoms with Crippen molar-refractivity contribution in [3.63, 3.8) is 0 Å². The van der Waals surface area contributed by atoms with Crippen LogP contribution in [0.1, 0.15) is 27.7 Å². The molecule has 0 saturated heterocycles. The molecule has 0 spiro atoms. The smallest absolute Gasteiger partial charge is 0.168 e. The van der Waals surface area contributed by atoms with Crippen LogP contribution in [0.3, 0.4) is 0 Å². The highest BCUT2D eigenvalue weighted by Gasteiger charge is 2.36. The molecule has 8 heteroatoms. The van der Waals surface area contributed by atoms with E-state index in [-0.39, 0.29) is 30.4 Å². The summed E-state index contributed by atoms with van der Waals surface area (Å²) in [7, 11) is 0. The van der Waals surface area contributed by atoms with Gasteiger partial charge >= 0.3 is 0 Å². The fourth-order valence-electron chi connectivity index (χ4n) is 2.46. The van der Waals surface area contributed by atoms with Crippen LogP contribution in [-0.2, 0) is 0 Å². The lowest BCUT2D eigenvalue weighted by molar-refractivity contribution is 0.436. The molecule has 3 aliphatic rings. The van der Waals surface area contributed by atoms with Gasteiger partial charge in [0.25, 0.3) is 0 Å². The molecule has 0 saturated carbocycles. The van der Waals surface area contributed by atoms with E-state index in [2.05, 4.69) is 48.3 Å². The van der Waals surface area contributed by atoms with Crippen LogP contribution in [-0.4, -0.2) is 45.7 Å². The first kappa shape index (κ1) is 20.0. The minimum atomic E-state index is 0. The van der Waals surface area contributed by atoms with Crippen LogP contribution >= 0.6 is 48.3 Å². The Kier molecular flexibility index (Phi) is 6.99. The first-order valence-corrected chi connectivity index (χ1v) is 8.98. The molecule has 22 heavy (non-hydrogen) atoms. The summed E-state index contributed by atoms with van der Waals surface area (Å²) < 4.78 is 0. The molecule has 0 aromatic carbocycles. The van der Waals surface area contributed by atoms with Crippen molar-refractivity contribution >= 4 is 58.7 Å². The van der Waals surface area contributed by atoms with Crippen molar-refractivity contribution < 1.29 is 0 Å². The lowest BCUT2D eigenvalue weighted by Gasteiger charge is -2.21. The molecule has 126 valence electrons. The van der Waals surface area contributed by atoms with Crippen LogP contribution in [0.15, 0.2) is 21.1 Å². The average Bonchev–Trinajstić information content (AvgIpc) is 3.00. The molecule has 3 aliphatic heterocycles. The fraction of sp³-hybridized carbons (Fsp3) is 0.714. The van der Waals surface area contributed by atoms with Crippen molar-refractivity contribution in [1.82, 2.24) is 10.2 Å². The largest absolute Gasteiger partial charge is 0.360 e. The molecule has 1 atom stereocenters. The maximum absolute atomic E-state index is 4.75. The summed E-state index contributed by atoms with van der Waals surface area (Å²) >= 11 is 3.56. The van der Waals surface area contributed by atoms with Gasteiger partial charge in [-0.15, -0.1) is 24.8 Å². The van der Waals surface area contributed by atoms with E-state index in [4.69, 9.17) is 4.99 Å². The maximum Gasteiger partial charge on any atom is 0.168 e. The summed E-state index contributed by atoms with van der Waals surface area (Å²) in [6.45, 7) is 10.8. The van der Waals surface area contributed by atoms with Crippen LogP contribution < -0.4 is 5.32 Å². The quantitative estimate of drug-likeness (QED) is 0.809. The number of thioether (sulfide) groups is 2. The van der Waals surface area contributed by atoms with Gasteiger partial charge in [-0.05, 0) is 25.2 Å². The number of hydrogen-bond donors (Lipinski definition) is 1. The zero-order valence-electron chi connectivity index (χ0n) is 13.3. The van der Waals surface area contributed by atoms with Crippen LogP contribution in [0.5, 0.6) is 0 Å². The Morgan fingerprint density at radius 1 is 1.45 bits per heavy atom. The number of aliphatic imine (C=N–C) groups is 2. The van der Waals surface area contributed by atoms with Gasteiger partial charge in [0, 0.05) is 24.0 Å². The molecule has 0 fully saturated rings. The molecule has 1 N–H and O–H groups in total. The third-order valence-corrected chi connectivity index (χ3v) is 5.60. The molecule has 0 bridgehead atoms. The number of halogens is 2. The van der Waals surface area contributed by atoms with Crippen molar-refractivity contribution in [1.29, 1.82) is 0 Å². The molecular formula is C14H24Cl2N4S2. The molecule has 0 amide bonds. The van der Waals surface area contributed by atoms with E-state index in [1.807, 2.05) is 11.8 Å². The van der Waals surface area contributed by atoms with Gasteiger partial charge in [-0.3, -0.25) is 9.98 Å². The van der Waals surface area contributed by atoms with E-state index in [9.17, 15) is 0 Å². The molecule has 0 aliphatic carbocycles. The van der Waals surface area contributed by atoms with Gasteiger partial charge in [0.2, 0.25) is 0 Å².